The van der Waals surface area contributed by atoms with Gasteiger partial charge < -0.3 is 14.5 Å². The van der Waals surface area contributed by atoms with Crippen molar-refractivity contribution in [2.45, 2.75) is 17.9 Å². The first-order valence-corrected chi connectivity index (χ1v) is 11.5. The minimum Gasteiger partial charge on any atom is -0.495 e. The van der Waals surface area contributed by atoms with Crippen molar-refractivity contribution in [3.8, 4) is 5.75 Å². The van der Waals surface area contributed by atoms with Crippen LogP contribution in [0.25, 0.3) is 0 Å². The van der Waals surface area contributed by atoms with Crippen LogP contribution in [-0.2, 0) is 10.0 Å². The van der Waals surface area contributed by atoms with E-state index < -0.39 is 10.0 Å². The maximum Gasteiger partial charge on any atom is 0.262 e. The summed E-state index contributed by atoms with van der Waals surface area (Å²) in [6, 6.07) is 14.6. The van der Waals surface area contributed by atoms with E-state index >= 15 is 0 Å². The molecule has 0 aliphatic carbocycles. The van der Waals surface area contributed by atoms with Gasteiger partial charge in [-0.05, 0) is 63.0 Å². The van der Waals surface area contributed by atoms with Gasteiger partial charge in [0.15, 0.2) is 0 Å². The van der Waals surface area contributed by atoms with Crippen molar-refractivity contribution in [3.63, 3.8) is 0 Å². The van der Waals surface area contributed by atoms with Crippen LogP contribution in [0.2, 0.25) is 0 Å². The average molecular weight is 458 g/mol. The summed E-state index contributed by atoms with van der Waals surface area (Å²) in [5, 5.41) is 2.88. The third-order valence-corrected chi connectivity index (χ3v) is 6.43. The Morgan fingerprint density at radius 1 is 1.12 bits per heavy atom. The molecule has 0 unspecified atom stereocenters. The molecule has 3 rings (SSSR count). The van der Waals surface area contributed by atoms with Crippen LogP contribution in [0.5, 0.6) is 5.75 Å². The van der Waals surface area contributed by atoms with Crippen molar-refractivity contribution in [3.05, 3.63) is 77.7 Å². The van der Waals surface area contributed by atoms with Gasteiger partial charge in [0.1, 0.15) is 11.5 Å². The van der Waals surface area contributed by atoms with E-state index in [0.717, 1.165) is 5.76 Å². The summed E-state index contributed by atoms with van der Waals surface area (Å²) >= 11 is 0. The molecule has 2 aromatic carbocycles. The van der Waals surface area contributed by atoms with Gasteiger partial charge in [-0.25, -0.2) is 8.42 Å². The Balaban J connectivity index is 1.81. The highest BCUT2D eigenvalue weighted by molar-refractivity contribution is 7.92. The summed E-state index contributed by atoms with van der Waals surface area (Å²) in [6.45, 7) is 2.06. The topological polar surface area (TPSA) is 101 Å². The number of rotatable bonds is 9. The van der Waals surface area contributed by atoms with Crippen molar-refractivity contribution in [1.29, 1.82) is 0 Å². The fraction of sp³-hybridized carbons (Fsp3) is 0.261. The van der Waals surface area contributed by atoms with Gasteiger partial charge in [0.05, 0.1) is 30.0 Å². The number of hydrogen-bond acceptors (Lipinski definition) is 6. The third kappa shape index (κ3) is 5.30. The first-order chi connectivity index (χ1) is 15.2. The molecule has 9 heteroatoms. The minimum absolute atomic E-state index is 0.0191. The van der Waals surface area contributed by atoms with Crippen LogP contribution in [0.1, 0.15) is 27.7 Å². The number of anilines is 1. The van der Waals surface area contributed by atoms with Crippen LogP contribution in [0.4, 0.5) is 5.69 Å². The second-order valence-corrected chi connectivity index (χ2v) is 9.17. The van der Waals surface area contributed by atoms with Gasteiger partial charge in [-0.2, -0.15) is 0 Å². The fourth-order valence-corrected chi connectivity index (χ4v) is 4.34. The molecule has 0 radical (unpaired) electrons. The van der Waals surface area contributed by atoms with Crippen molar-refractivity contribution in [2.75, 3.05) is 32.5 Å². The summed E-state index contributed by atoms with van der Waals surface area (Å²) in [5.74, 6) is 0.758. The van der Waals surface area contributed by atoms with E-state index in [-0.39, 0.29) is 22.4 Å². The molecule has 1 heterocycles. The summed E-state index contributed by atoms with van der Waals surface area (Å²) < 4.78 is 39.1. The number of carbonyl (C=O) groups excluding carboxylic acids is 1. The van der Waals surface area contributed by atoms with E-state index in [1.807, 2.05) is 25.1 Å². The largest absolute Gasteiger partial charge is 0.495 e. The summed E-state index contributed by atoms with van der Waals surface area (Å²) in [6.07, 6.45) is 1.58. The summed E-state index contributed by atoms with van der Waals surface area (Å²) in [4.78, 5) is 14.8. The minimum atomic E-state index is -3.93. The Kier molecular flexibility index (Phi) is 7.22. The highest BCUT2D eigenvalue weighted by Gasteiger charge is 2.22. The van der Waals surface area contributed by atoms with E-state index in [1.54, 1.807) is 49.6 Å². The van der Waals surface area contributed by atoms with E-state index in [2.05, 4.69) is 10.0 Å². The third-order valence-electron chi connectivity index (χ3n) is 5.07. The lowest BCUT2D eigenvalue weighted by Gasteiger charge is -2.22. The smallest absolute Gasteiger partial charge is 0.262 e. The zero-order valence-electron chi connectivity index (χ0n) is 18.5. The van der Waals surface area contributed by atoms with Gasteiger partial charge in [0.25, 0.3) is 15.9 Å². The molecule has 2 N–H and O–H groups in total. The number of amides is 1. The lowest BCUT2D eigenvalue weighted by Crippen LogP contribution is -2.34. The molecule has 170 valence electrons. The Morgan fingerprint density at radius 2 is 1.88 bits per heavy atom. The van der Waals surface area contributed by atoms with Crippen LogP contribution in [-0.4, -0.2) is 47.0 Å². The van der Waals surface area contributed by atoms with Crippen molar-refractivity contribution in [1.82, 2.24) is 10.2 Å². The summed E-state index contributed by atoms with van der Waals surface area (Å²) in [7, 11) is 1.31. The Bertz CT molecular complexity index is 1170. The number of para-hydroxylation sites is 2. The van der Waals surface area contributed by atoms with Crippen molar-refractivity contribution >= 4 is 21.6 Å². The Labute approximate surface area is 188 Å². The van der Waals surface area contributed by atoms with Gasteiger partial charge in [0.2, 0.25) is 0 Å². The molecular weight excluding hydrogens is 430 g/mol. The number of carbonyl (C=O) groups is 1. The maximum absolute atomic E-state index is 12.9. The zero-order chi connectivity index (χ0) is 23.3. The lowest BCUT2D eigenvalue weighted by molar-refractivity contribution is 0.0938. The van der Waals surface area contributed by atoms with Crippen LogP contribution < -0.4 is 14.8 Å². The molecule has 0 aliphatic heterocycles. The molecule has 1 aromatic heterocycles. The molecule has 1 atom stereocenters. The van der Waals surface area contributed by atoms with E-state index in [1.165, 1.54) is 19.2 Å². The predicted octanol–water partition coefficient (Wildman–Crippen LogP) is 3.43. The molecule has 32 heavy (non-hydrogen) atoms. The van der Waals surface area contributed by atoms with Gasteiger partial charge >= 0.3 is 0 Å². The molecule has 0 bridgehead atoms. The predicted molar refractivity (Wildman–Crippen MR) is 122 cm³/mol. The number of benzene rings is 2. The molecule has 0 saturated carbocycles. The average Bonchev–Trinajstić information content (AvgIpc) is 3.28. The van der Waals surface area contributed by atoms with Crippen molar-refractivity contribution < 1.29 is 22.4 Å². The monoisotopic (exact) mass is 457 g/mol. The number of sulfonamides is 1. The number of nitrogens with one attached hydrogen (secondary N) is 2. The van der Waals surface area contributed by atoms with E-state index in [9.17, 15) is 13.2 Å². The normalized spacial score (nSPS) is 12.4. The molecular formula is C23H27N3O5S. The van der Waals surface area contributed by atoms with Crippen LogP contribution in [0, 0.1) is 6.92 Å². The number of ether oxygens (including phenoxy) is 1. The number of aryl methyl sites for hydroxylation is 1. The highest BCUT2D eigenvalue weighted by Crippen LogP contribution is 2.27. The first kappa shape index (κ1) is 23.4. The molecule has 0 spiro atoms. The number of furan rings is 1. The molecule has 0 fully saturated rings. The SMILES string of the molecule is COc1ccccc1NS(=O)(=O)c1ccc(C)c(C(=O)NC[C@@H](c2ccco2)N(C)C)c1. The zero-order valence-corrected chi connectivity index (χ0v) is 19.3. The summed E-state index contributed by atoms with van der Waals surface area (Å²) in [5.41, 5.74) is 1.26. The molecule has 8 nitrogen and oxygen atoms in total. The second kappa shape index (κ2) is 9.88. The van der Waals surface area contributed by atoms with E-state index in [0.29, 0.717) is 23.5 Å². The molecule has 0 aliphatic rings. The lowest BCUT2D eigenvalue weighted by atomic mass is 10.1. The fourth-order valence-electron chi connectivity index (χ4n) is 3.25. The number of methoxy groups -OCH3 is 1. The molecule has 3 aromatic rings. The van der Waals surface area contributed by atoms with Gasteiger partial charge in [0, 0.05) is 12.1 Å². The second-order valence-electron chi connectivity index (χ2n) is 7.49. The number of nitrogens with zero attached hydrogens (tertiary/aromatic N) is 1. The van der Waals surface area contributed by atoms with Crippen molar-refractivity contribution in [2.24, 2.45) is 0 Å². The molecule has 0 saturated heterocycles. The Morgan fingerprint density at radius 3 is 2.53 bits per heavy atom. The Hall–Kier alpha value is -3.30. The highest BCUT2D eigenvalue weighted by atomic mass is 32.2. The number of likely N-dealkylation sites (N-methyl/N-ethyl adjacent to an activating group) is 1. The van der Waals surface area contributed by atoms with E-state index in [4.69, 9.17) is 9.15 Å². The molecule has 1 amide bonds. The quantitative estimate of drug-likeness (QED) is 0.511. The number of hydrogen-bond donors (Lipinski definition) is 2. The maximum atomic E-state index is 12.9. The van der Waals surface area contributed by atoms with Gasteiger partial charge in [-0.1, -0.05) is 18.2 Å². The van der Waals surface area contributed by atoms with Crippen LogP contribution in [0.3, 0.4) is 0 Å². The van der Waals surface area contributed by atoms with Gasteiger partial charge in [-0.3, -0.25) is 14.4 Å². The first-order valence-electron chi connectivity index (χ1n) is 9.97. The standard InChI is InChI=1S/C23H27N3O5S/c1-16-11-12-17(32(28,29)25-19-8-5-6-9-21(19)30-4)14-18(16)23(27)24-15-20(26(2)3)22-10-7-13-31-22/h5-14,20,25H,15H2,1-4H3,(H,24,27)/t20-/m0/s1. The van der Waals surface area contributed by atoms with Gasteiger partial charge in [-0.15, -0.1) is 0 Å². The van der Waals surface area contributed by atoms with Crippen LogP contribution in [0.15, 0.2) is 70.2 Å². The van der Waals surface area contributed by atoms with Crippen LogP contribution >= 0.6 is 0 Å².